The Kier molecular flexibility index (Phi) is 5.09. The van der Waals surface area contributed by atoms with Gasteiger partial charge in [-0.25, -0.2) is 4.98 Å². The second-order valence-corrected chi connectivity index (χ2v) is 7.74. The summed E-state index contributed by atoms with van der Waals surface area (Å²) in [7, 11) is 4.08. The number of thiazole rings is 1. The fourth-order valence-corrected chi connectivity index (χ4v) is 4.06. The summed E-state index contributed by atoms with van der Waals surface area (Å²) in [5.74, 6) is -0.392. The maximum absolute atomic E-state index is 11.4. The average molecular weight is 366 g/mol. The van der Waals surface area contributed by atoms with E-state index >= 15 is 0 Å². The number of aromatic nitrogens is 1. The Labute approximate surface area is 158 Å². The number of carbonyl (C=O) groups excluding carboxylic acids is 1. The molecule has 0 aliphatic rings. The first kappa shape index (κ1) is 18.1. The summed E-state index contributed by atoms with van der Waals surface area (Å²) in [6, 6.07) is 14.3. The fraction of sp³-hybridized carbons (Fsp3) is 0.238. The largest absolute Gasteiger partial charge is 0.378 e. The lowest BCUT2D eigenvalue weighted by Gasteiger charge is -2.12. The third-order valence-corrected chi connectivity index (χ3v) is 5.61. The summed E-state index contributed by atoms with van der Waals surface area (Å²) in [4.78, 5) is 19.4. The van der Waals surface area contributed by atoms with Crippen LogP contribution in [-0.4, -0.2) is 25.0 Å². The van der Waals surface area contributed by atoms with Crippen LogP contribution in [0.5, 0.6) is 0 Å². The molecule has 0 saturated carbocycles. The van der Waals surface area contributed by atoms with Gasteiger partial charge in [-0.15, -0.1) is 11.3 Å². The molecule has 134 valence electrons. The van der Waals surface area contributed by atoms with Gasteiger partial charge in [-0.2, -0.15) is 0 Å². The third-order valence-electron chi connectivity index (χ3n) is 4.40. The molecule has 0 saturated heterocycles. The number of rotatable bonds is 5. The minimum absolute atomic E-state index is 0.392. The molecule has 0 aliphatic carbocycles. The summed E-state index contributed by atoms with van der Waals surface area (Å²) in [6.07, 6.45) is 0.817. The quantitative estimate of drug-likeness (QED) is 0.738. The van der Waals surface area contributed by atoms with Gasteiger partial charge in [-0.1, -0.05) is 18.2 Å². The zero-order valence-electron chi connectivity index (χ0n) is 15.5. The molecule has 2 aromatic carbocycles. The van der Waals surface area contributed by atoms with Crippen molar-refractivity contribution in [3.63, 3.8) is 0 Å². The SMILES string of the molecule is Cc1cc(-c2sc(Cc3ccc(N(C)C)cc3)nc2C)ccc1C(N)=O. The number of benzene rings is 2. The van der Waals surface area contributed by atoms with Gasteiger partial charge in [0.25, 0.3) is 0 Å². The molecular weight excluding hydrogens is 342 g/mol. The number of nitrogens with two attached hydrogens (primary N) is 1. The lowest BCUT2D eigenvalue weighted by Crippen LogP contribution is -2.12. The normalized spacial score (nSPS) is 10.8. The Morgan fingerprint density at radius 3 is 2.38 bits per heavy atom. The molecule has 4 nitrogen and oxygen atoms in total. The minimum atomic E-state index is -0.392. The molecule has 0 spiro atoms. The summed E-state index contributed by atoms with van der Waals surface area (Å²) < 4.78 is 0. The summed E-state index contributed by atoms with van der Waals surface area (Å²) >= 11 is 1.70. The highest BCUT2D eigenvalue weighted by atomic mass is 32.1. The number of amides is 1. The molecule has 2 N–H and O–H groups in total. The highest BCUT2D eigenvalue weighted by Gasteiger charge is 2.13. The van der Waals surface area contributed by atoms with Crippen LogP contribution in [0, 0.1) is 13.8 Å². The summed E-state index contributed by atoms with van der Waals surface area (Å²) in [5, 5.41) is 1.09. The van der Waals surface area contributed by atoms with Gasteiger partial charge in [0.05, 0.1) is 15.6 Å². The van der Waals surface area contributed by atoms with Crippen LogP contribution < -0.4 is 10.6 Å². The third kappa shape index (κ3) is 3.78. The van der Waals surface area contributed by atoms with E-state index in [0.717, 1.165) is 33.1 Å². The van der Waals surface area contributed by atoms with Crippen molar-refractivity contribution in [3.05, 3.63) is 69.9 Å². The number of primary amides is 1. The van der Waals surface area contributed by atoms with Crippen molar-refractivity contribution < 1.29 is 4.79 Å². The van der Waals surface area contributed by atoms with Gasteiger partial charge in [0.1, 0.15) is 0 Å². The number of hydrogen-bond donors (Lipinski definition) is 1. The Balaban J connectivity index is 1.85. The molecule has 1 heterocycles. The van der Waals surface area contributed by atoms with Gasteiger partial charge >= 0.3 is 0 Å². The Morgan fingerprint density at radius 2 is 1.81 bits per heavy atom. The summed E-state index contributed by atoms with van der Waals surface area (Å²) in [6.45, 7) is 3.94. The Morgan fingerprint density at radius 1 is 1.12 bits per heavy atom. The van der Waals surface area contributed by atoms with E-state index in [0.29, 0.717) is 5.56 Å². The highest BCUT2D eigenvalue weighted by molar-refractivity contribution is 7.15. The van der Waals surface area contributed by atoms with Crippen LogP contribution in [0.15, 0.2) is 42.5 Å². The predicted molar refractivity (Wildman–Crippen MR) is 109 cm³/mol. The molecule has 1 aromatic heterocycles. The lowest BCUT2D eigenvalue weighted by atomic mass is 10.0. The molecule has 0 unspecified atom stereocenters. The topological polar surface area (TPSA) is 59.2 Å². The number of carbonyl (C=O) groups is 1. The van der Waals surface area contributed by atoms with E-state index in [1.54, 1.807) is 17.4 Å². The standard InChI is InChI=1S/C21H23N3OS/c1-13-11-16(7-10-18(13)21(22)25)20-14(2)23-19(26-20)12-15-5-8-17(9-6-15)24(3)4/h5-11H,12H2,1-4H3,(H2,22,25). The van der Waals surface area contributed by atoms with Crippen molar-refractivity contribution >= 4 is 22.9 Å². The van der Waals surface area contributed by atoms with Crippen LogP contribution in [0.4, 0.5) is 5.69 Å². The molecule has 0 aliphatic heterocycles. The molecular formula is C21H23N3OS. The Hall–Kier alpha value is -2.66. The van der Waals surface area contributed by atoms with E-state index in [1.165, 1.54) is 11.3 Å². The van der Waals surface area contributed by atoms with Gasteiger partial charge in [-0.05, 0) is 54.8 Å². The molecule has 5 heteroatoms. The van der Waals surface area contributed by atoms with Crippen LogP contribution in [0.1, 0.15) is 32.2 Å². The second kappa shape index (κ2) is 7.30. The van der Waals surface area contributed by atoms with Crippen molar-refractivity contribution in [1.82, 2.24) is 4.98 Å². The van der Waals surface area contributed by atoms with E-state index in [9.17, 15) is 4.79 Å². The molecule has 3 aromatic rings. The minimum Gasteiger partial charge on any atom is -0.378 e. The van der Waals surface area contributed by atoms with Gasteiger partial charge < -0.3 is 10.6 Å². The number of nitrogens with zero attached hydrogens (tertiary/aromatic N) is 2. The smallest absolute Gasteiger partial charge is 0.248 e. The van der Waals surface area contributed by atoms with E-state index in [1.807, 2.05) is 40.1 Å². The molecule has 0 bridgehead atoms. The average Bonchev–Trinajstić information content (AvgIpc) is 2.95. The predicted octanol–water partition coefficient (Wildman–Crippen LogP) is 4.18. The second-order valence-electron chi connectivity index (χ2n) is 6.65. The molecule has 0 atom stereocenters. The fourth-order valence-electron chi connectivity index (χ4n) is 2.96. The van der Waals surface area contributed by atoms with Crippen LogP contribution >= 0.6 is 11.3 Å². The van der Waals surface area contributed by atoms with E-state index in [4.69, 9.17) is 10.7 Å². The van der Waals surface area contributed by atoms with Crippen molar-refractivity contribution in [3.8, 4) is 10.4 Å². The van der Waals surface area contributed by atoms with Gasteiger partial charge in [-0.3, -0.25) is 4.79 Å². The van der Waals surface area contributed by atoms with Crippen molar-refractivity contribution in [1.29, 1.82) is 0 Å². The number of aryl methyl sites for hydroxylation is 2. The van der Waals surface area contributed by atoms with Crippen LogP contribution in [0.3, 0.4) is 0 Å². The van der Waals surface area contributed by atoms with E-state index < -0.39 is 5.91 Å². The molecule has 1 amide bonds. The summed E-state index contributed by atoms with van der Waals surface area (Å²) in [5.41, 5.74) is 11.4. The zero-order valence-corrected chi connectivity index (χ0v) is 16.4. The van der Waals surface area contributed by atoms with Crippen molar-refractivity contribution in [2.75, 3.05) is 19.0 Å². The van der Waals surface area contributed by atoms with Gasteiger partial charge in [0.15, 0.2) is 0 Å². The lowest BCUT2D eigenvalue weighted by molar-refractivity contribution is 0.0999. The maximum Gasteiger partial charge on any atom is 0.248 e. The van der Waals surface area contributed by atoms with Crippen LogP contribution in [-0.2, 0) is 6.42 Å². The molecule has 0 radical (unpaired) electrons. The monoisotopic (exact) mass is 365 g/mol. The highest BCUT2D eigenvalue weighted by Crippen LogP contribution is 2.32. The molecule has 3 rings (SSSR count). The Bertz CT molecular complexity index is 942. The maximum atomic E-state index is 11.4. The van der Waals surface area contributed by atoms with Crippen molar-refractivity contribution in [2.24, 2.45) is 5.73 Å². The van der Waals surface area contributed by atoms with Gasteiger partial charge in [0, 0.05) is 31.8 Å². The zero-order chi connectivity index (χ0) is 18.8. The molecule has 26 heavy (non-hydrogen) atoms. The van der Waals surface area contributed by atoms with E-state index in [2.05, 4.69) is 29.2 Å². The van der Waals surface area contributed by atoms with E-state index in [-0.39, 0.29) is 0 Å². The van der Waals surface area contributed by atoms with Crippen molar-refractivity contribution in [2.45, 2.75) is 20.3 Å². The number of anilines is 1. The first-order valence-corrected chi connectivity index (χ1v) is 9.30. The molecule has 0 fully saturated rings. The van der Waals surface area contributed by atoms with Crippen LogP contribution in [0.25, 0.3) is 10.4 Å². The first-order chi connectivity index (χ1) is 12.3. The number of hydrogen-bond acceptors (Lipinski definition) is 4. The first-order valence-electron chi connectivity index (χ1n) is 8.48. The van der Waals surface area contributed by atoms with Crippen LogP contribution in [0.2, 0.25) is 0 Å². The van der Waals surface area contributed by atoms with Gasteiger partial charge in [0.2, 0.25) is 5.91 Å².